The Morgan fingerprint density at radius 3 is 2.40 bits per heavy atom. The van der Waals surface area contributed by atoms with Crippen molar-refractivity contribution in [2.75, 3.05) is 0 Å². The Labute approximate surface area is 64.5 Å². The van der Waals surface area contributed by atoms with Gasteiger partial charge in [-0.1, -0.05) is 20.0 Å². The summed E-state index contributed by atoms with van der Waals surface area (Å²) in [6, 6.07) is 0. The monoisotopic (exact) mass is 149 g/mol. The first-order valence-corrected chi connectivity index (χ1v) is 6.07. The van der Waals surface area contributed by atoms with Crippen LogP contribution in [0.15, 0.2) is 23.8 Å². The molecule has 0 aromatic heterocycles. The quantitative estimate of drug-likeness (QED) is 0.366. The van der Waals surface area contributed by atoms with E-state index in [4.69, 9.17) is 0 Å². The van der Waals surface area contributed by atoms with Crippen molar-refractivity contribution in [1.29, 1.82) is 0 Å². The molecule has 0 spiro atoms. The minimum Gasteiger partial charge on any atom is -0.169 e. The molecule has 0 atom stereocenters. The van der Waals surface area contributed by atoms with Crippen LogP contribution in [-0.4, -0.2) is 13.6 Å². The molecule has 0 aromatic rings. The van der Waals surface area contributed by atoms with Crippen LogP contribution in [-0.2, 0) is 0 Å². The van der Waals surface area contributed by atoms with Crippen LogP contribution in [0.1, 0.15) is 6.92 Å². The average Bonchev–Trinajstić information content (AvgIpc) is 1.88. The molecule has 1 heteroatoms. The molecule has 54 valence electrons. The fourth-order valence-corrected chi connectivity index (χ4v) is 1.72. The minimum absolute atomic E-state index is 0.229. The van der Waals surface area contributed by atoms with Gasteiger partial charge in [0.15, 0.2) is 0 Å². The molecule has 0 fully saturated rings. The molecular formula is C9H13Si-. The highest BCUT2D eigenvalue weighted by Gasteiger charge is 1.89. The largest absolute Gasteiger partial charge is 0.169 e. The van der Waals surface area contributed by atoms with E-state index in [-0.39, 0.29) is 8.41 Å². The van der Waals surface area contributed by atoms with E-state index in [1.165, 1.54) is 10.7 Å². The van der Waals surface area contributed by atoms with Gasteiger partial charge in [0, 0.05) is 0 Å². The van der Waals surface area contributed by atoms with Gasteiger partial charge in [0.1, 0.15) is 0 Å². The van der Waals surface area contributed by atoms with Gasteiger partial charge in [-0.25, -0.2) is 0 Å². The SMILES string of the molecule is CC1=C[CH-]C(=[Si](C)C)C=C1. The summed E-state index contributed by atoms with van der Waals surface area (Å²) in [4.78, 5) is 0. The Balaban J connectivity index is 2.79. The molecule has 1 rings (SSSR count). The number of rotatable bonds is 0. The summed E-state index contributed by atoms with van der Waals surface area (Å²) in [7, 11) is -0.229. The molecule has 0 radical (unpaired) electrons. The standard InChI is InChI=1S/C9H13Si/c1-8-4-6-9(7-5-8)10(2)3/h4-7H,1-3H3/q-1. The van der Waals surface area contributed by atoms with Crippen molar-refractivity contribution < 1.29 is 0 Å². The molecule has 0 amide bonds. The molecule has 0 saturated heterocycles. The van der Waals surface area contributed by atoms with Crippen LogP contribution < -0.4 is 0 Å². The normalized spacial score (nSPS) is 16.3. The van der Waals surface area contributed by atoms with Crippen molar-refractivity contribution in [2.24, 2.45) is 0 Å². The molecule has 0 aromatic carbocycles. The third kappa shape index (κ3) is 1.71. The Bertz CT molecular complexity index is 215. The highest BCUT2D eigenvalue weighted by Crippen LogP contribution is 2.05. The third-order valence-electron chi connectivity index (χ3n) is 1.63. The summed E-state index contributed by atoms with van der Waals surface area (Å²) in [5, 5.41) is 1.52. The number of hydrogen-bond donors (Lipinski definition) is 0. The van der Waals surface area contributed by atoms with Crippen molar-refractivity contribution in [3.05, 3.63) is 30.2 Å². The predicted molar refractivity (Wildman–Crippen MR) is 49.7 cm³/mol. The summed E-state index contributed by atoms with van der Waals surface area (Å²) in [5.74, 6) is 0. The lowest BCUT2D eigenvalue weighted by Gasteiger charge is -2.15. The van der Waals surface area contributed by atoms with Crippen LogP contribution in [0.3, 0.4) is 0 Å². The van der Waals surface area contributed by atoms with E-state index in [0.29, 0.717) is 0 Å². The van der Waals surface area contributed by atoms with Gasteiger partial charge in [0.25, 0.3) is 0 Å². The van der Waals surface area contributed by atoms with Crippen molar-refractivity contribution in [3.8, 4) is 0 Å². The van der Waals surface area contributed by atoms with E-state index < -0.39 is 0 Å². The molecule has 0 saturated carbocycles. The molecule has 0 unspecified atom stereocenters. The van der Waals surface area contributed by atoms with E-state index in [2.05, 4.69) is 44.7 Å². The number of hydrogen-bond acceptors (Lipinski definition) is 0. The molecule has 0 N–H and O–H groups in total. The van der Waals surface area contributed by atoms with Crippen LogP contribution in [0.4, 0.5) is 0 Å². The Morgan fingerprint density at radius 1 is 1.30 bits per heavy atom. The predicted octanol–water partition coefficient (Wildman–Crippen LogP) is 2.22. The Morgan fingerprint density at radius 2 is 2.00 bits per heavy atom. The van der Waals surface area contributed by atoms with Gasteiger partial charge in [-0.15, -0.1) is 0 Å². The summed E-state index contributed by atoms with van der Waals surface area (Å²) in [6.45, 7) is 6.76. The van der Waals surface area contributed by atoms with Crippen molar-refractivity contribution in [2.45, 2.75) is 20.0 Å². The van der Waals surface area contributed by atoms with E-state index in [0.717, 1.165) is 0 Å². The second kappa shape index (κ2) is 3.02. The highest BCUT2D eigenvalue weighted by atomic mass is 28.2. The fourth-order valence-electron chi connectivity index (χ4n) is 0.887. The molecular weight excluding hydrogens is 136 g/mol. The zero-order chi connectivity index (χ0) is 7.56. The molecule has 0 heterocycles. The molecule has 1 aliphatic carbocycles. The topological polar surface area (TPSA) is 0 Å². The molecule has 1 aliphatic rings. The minimum atomic E-state index is -0.229. The van der Waals surface area contributed by atoms with Crippen LogP contribution in [0.5, 0.6) is 0 Å². The smallest absolute Gasteiger partial charge is 0.0151 e. The van der Waals surface area contributed by atoms with Crippen LogP contribution >= 0.6 is 0 Å². The zero-order valence-corrected chi connectivity index (χ0v) is 7.81. The van der Waals surface area contributed by atoms with Gasteiger partial charge in [0.2, 0.25) is 0 Å². The first-order chi connectivity index (χ1) is 4.70. The first kappa shape index (κ1) is 7.54. The van der Waals surface area contributed by atoms with Gasteiger partial charge in [-0.2, -0.15) is 35.4 Å². The van der Waals surface area contributed by atoms with Crippen molar-refractivity contribution in [3.63, 3.8) is 0 Å². The third-order valence-corrected chi connectivity index (χ3v) is 3.12. The molecule has 0 nitrogen and oxygen atoms in total. The van der Waals surface area contributed by atoms with Gasteiger partial charge in [0.05, 0.1) is 0 Å². The zero-order valence-electron chi connectivity index (χ0n) is 6.81. The highest BCUT2D eigenvalue weighted by molar-refractivity contribution is 6.72. The van der Waals surface area contributed by atoms with E-state index in [9.17, 15) is 0 Å². The maximum absolute atomic E-state index is 2.31. The maximum Gasteiger partial charge on any atom is -0.0151 e. The van der Waals surface area contributed by atoms with Crippen molar-refractivity contribution in [1.82, 2.24) is 0 Å². The second-order valence-corrected chi connectivity index (χ2v) is 5.44. The summed E-state index contributed by atoms with van der Waals surface area (Å²) in [5.41, 5.74) is 1.35. The summed E-state index contributed by atoms with van der Waals surface area (Å²) < 4.78 is 0. The first-order valence-electron chi connectivity index (χ1n) is 3.57. The summed E-state index contributed by atoms with van der Waals surface area (Å²) in [6.07, 6.45) is 8.85. The van der Waals surface area contributed by atoms with E-state index in [1.807, 2.05) is 0 Å². The van der Waals surface area contributed by atoms with Gasteiger partial charge < -0.3 is 0 Å². The Hall–Kier alpha value is -0.563. The van der Waals surface area contributed by atoms with Gasteiger partial charge >= 0.3 is 0 Å². The van der Waals surface area contributed by atoms with Gasteiger partial charge in [-0.05, 0) is 8.41 Å². The number of allylic oxidation sites excluding steroid dienone is 4. The summed E-state index contributed by atoms with van der Waals surface area (Å²) >= 11 is 0. The average molecular weight is 149 g/mol. The Kier molecular flexibility index (Phi) is 2.28. The second-order valence-electron chi connectivity index (χ2n) is 2.87. The molecule has 10 heavy (non-hydrogen) atoms. The lowest BCUT2D eigenvalue weighted by atomic mass is 10.1. The maximum atomic E-state index is 2.31. The molecule has 0 aliphatic heterocycles. The van der Waals surface area contributed by atoms with E-state index >= 15 is 0 Å². The lowest BCUT2D eigenvalue weighted by molar-refractivity contribution is 1.50. The van der Waals surface area contributed by atoms with Crippen LogP contribution in [0.25, 0.3) is 0 Å². The van der Waals surface area contributed by atoms with Crippen molar-refractivity contribution >= 4 is 13.6 Å². The van der Waals surface area contributed by atoms with Crippen LogP contribution in [0, 0.1) is 6.42 Å². The van der Waals surface area contributed by atoms with Crippen LogP contribution in [0.2, 0.25) is 13.1 Å². The molecule has 0 bridgehead atoms. The van der Waals surface area contributed by atoms with E-state index in [1.54, 1.807) is 0 Å². The lowest BCUT2D eigenvalue weighted by Crippen LogP contribution is -2.08. The fraction of sp³-hybridized carbons (Fsp3) is 0.333. The van der Waals surface area contributed by atoms with Gasteiger partial charge in [-0.3, -0.25) is 0 Å².